The highest BCUT2D eigenvalue weighted by Gasteiger charge is 2.27. The van der Waals surface area contributed by atoms with Crippen molar-refractivity contribution in [3.63, 3.8) is 0 Å². The lowest BCUT2D eigenvalue weighted by molar-refractivity contribution is -0.143. The van der Waals surface area contributed by atoms with Crippen LogP contribution < -0.4 is 16.4 Å². The quantitative estimate of drug-likeness (QED) is 0.236. The maximum Gasteiger partial charge on any atom is 0.326 e. The van der Waals surface area contributed by atoms with Gasteiger partial charge in [-0.25, -0.2) is 4.79 Å². The Balaban J connectivity index is 4.74. The highest BCUT2D eigenvalue weighted by Crippen LogP contribution is 2.08. The topological polar surface area (TPSA) is 165 Å². The average Bonchev–Trinajstić information content (AvgIpc) is 2.60. The van der Waals surface area contributed by atoms with E-state index in [0.29, 0.717) is 19.3 Å². The fourth-order valence-corrected chi connectivity index (χ4v) is 2.44. The van der Waals surface area contributed by atoms with Gasteiger partial charge in [-0.05, 0) is 31.6 Å². The van der Waals surface area contributed by atoms with Crippen LogP contribution in [0.2, 0.25) is 0 Å². The van der Waals surface area contributed by atoms with Gasteiger partial charge in [-0.3, -0.25) is 19.2 Å². The second-order valence-corrected chi connectivity index (χ2v) is 6.94. The van der Waals surface area contributed by atoms with Gasteiger partial charge in [-0.2, -0.15) is 0 Å². The average molecular weight is 401 g/mol. The number of carboxylic acid groups (broad SMARTS) is 1. The molecule has 10 nitrogen and oxygen atoms in total. The molecule has 2 unspecified atom stereocenters. The number of hydrogen-bond donors (Lipinski definition) is 4. The molecule has 0 rings (SSSR count). The van der Waals surface area contributed by atoms with Gasteiger partial charge in [-0.1, -0.05) is 13.8 Å². The van der Waals surface area contributed by atoms with Crippen molar-refractivity contribution in [2.75, 3.05) is 7.11 Å². The molecule has 3 amide bonds. The predicted octanol–water partition coefficient (Wildman–Crippen LogP) is 0.0856. The molecule has 0 spiro atoms. The number of carbonyl (C=O) groups is 5. The maximum absolute atomic E-state index is 12.5. The predicted molar refractivity (Wildman–Crippen MR) is 99.9 cm³/mol. The SMILES string of the molecule is COC(=O)CCCCC(=O)NC(CC(C)C)C(=O)NC(CCC(N)=O)C(=O)O. The molecular formula is C18H31N3O7. The fourth-order valence-electron chi connectivity index (χ4n) is 2.44. The number of rotatable bonds is 14. The highest BCUT2D eigenvalue weighted by molar-refractivity contribution is 5.90. The largest absolute Gasteiger partial charge is 0.480 e. The number of ether oxygens (including phenoxy) is 1. The molecule has 0 aromatic rings. The lowest BCUT2D eigenvalue weighted by Gasteiger charge is -2.22. The number of amides is 3. The van der Waals surface area contributed by atoms with E-state index in [4.69, 9.17) is 5.73 Å². The molecule has 0 fully saturated rings. The Bertz CT molecular complexity index is 563. The molecule has 5 N–H and O–H groups in total. The van der Waals surface area contributed by atoms with Crippen molar-refractivity contribution in [3.05, 3.63) is 0 Å². The van der Waals surface area contributed by atoms with Gasteiger partial charge in [0.1, 0.15) is 12.1 Å². The van der Waals surface area contributed by atoms with Crippen LogP contribution in [-0.2, 0) is 28.7 Å². The molecule has 0 aromatic carbocycles. The zero-order valence-electron chi connectivity index (χ0n) is 16.7. The molecule has 0 radical (unpaired) electrons. The number of primary amides is 1. The number of carbonyl (C=O) groups excluding carboxylic acids is 4. The summed E-state index contributed by atoms with van der Waals surface area (Å²) in [6, 6.07) is -2.17. The third-order valence-electron chi connectivity index (χ3n) is 3.92. The van der Waals surface area contributed by atoms with Crippen LogP contribution >= 0.6 is 0 Å². The Morgan fingerprint density at radius 1 is 0.964 bits per heavy atom. The zero-order valence-corrected chi connectivity index (χ0v) is 16.7. The molecule has 10 heteroatoms. The summed E-state index contributed by atoms with van der Waals surface area (Å²) in [7, 11) is 1.29. The van der Waals surface area contributed by atoms with Crippen LogP contribution in [0, 0.1) is 5.92 Å². The lowest BCUT2D eigenvalue weighted by atomic mass is 10.0. The molecule has 160 valence electrons. The van der Waals surface area contributed by atoms with Crippen molar-refractivity contribution in [2.24, 2.45) is 11.7 Å². The van der Waals surface area contributed by atoms with E-state index in [-0.39, 0.29) is 43.5 Å². The van der Waals surface area contributed by atoms with E-state index in [1.807, 2.05) is 13.8 Å². The molecule has 0 aliphatic carbocycles. The molecule has 0 saturated heterocycles. The van der Waals surface area contributed by atoms with E-state index in [1.165, 1.54) is 7.11 Å². The number of aliphatic carboxylic acids is 1. The van der Waals surface area contributed by atoms with Gasteiger partial charge in [0.25, 0.3) is 0 Å². The number of carboxylic acids is 1. The molecular weight excluding hydrogens is 370 g/mol. The standard InChI is InChI=1S/C18H31N3O7/c1-11(2)10-13(20-15(23)6-4-5-7-16(24)28-3)17(25)21-12(18(26)27)8-9-14(19)22/h11-13H,4-10H2,1-3H3,(H2,19,22)(H,20,23)(H,21,25)(H,26,27). The van der Waals surface area contributed by atoms with Gasteiger partial charge in [0.2, 0.25) is 17.7 Å². The molecule has 0 aromatic heterocycles. The smallest absolute Gasteiger partial charge is 0.326 e. The summed E-state index contributed by atoms with van der Waals surface area (Å²) in [5.74, 6) is -3.23. The number of nitrogens with one attached hydrogen (secondary N) is 2. The number of nitrogens with two attached hydrogens (primary N) is 1. The maximum atomic E-state index is 12.5. The summed E-state index contributed by atoms with van der Waals surface area (Å²) in [6.07, 6.45) is 1.28. The Morgan fingerprint density at radius 2 is 1.57 bits per heavy atom. The van der Waals surface area contributed by atoms with Crippen LogP contribution in [0.1, 0.15) is 58.8 Å². The van der Waals surface area contributed by atoms with Gasteiger partial charge in [0.05, 0.1) is 7.11 Å². The fraction of sp³-hybridized carbons (Fsp3) is 0.722. The van der Waals surface area contributed by atoms with Crippen LogP contribution in [0.3, 0.4) is 0 Å². The lowest BCUT2D eigenvalue weighted by Crippen LogP contribution is -2.52. The first kappa shape index (κ1) is 25.4. The van der Waals surface area contributed by atoms with Crippen LogP contribution in [0.15, 0.2) is 0 Å². The van der Waals surface area contributed by atoms with Gasteiger partial charge in [0, 0.05) is 19.3 Å². The monoisotopic (exact) mass is 401 g/mol. The van der Waals surface area contributed by atoms with Gasteiger partial charge < -0.3 is 26.2 Å². The van der Waals surface area contributed by atoms with Crippen LogP contribution in [-0.4, -0.2) is 54.0 Å². The number of hydrogen-bond acceptors (Lipinski definition) is 6. The second-order valence-electron chi connectivity index (χ2n) is 6.94. The van der Waals surface area contributed by atoms with Crippen molar-refractivity contribution < 1.29 is 33.8 Å². The Hall–Kier alpha value is -2.65. The van der Waals surface area contributed by atoms with E-state index in [9.17, 15) is 29.1 Å². The number of methoxy groups -OCH3 is 1. The van der Waals surface area contributed by atoms with E-state index in [1.54, 1.807) is 0 Å². The van der Waals surface area contributed by atoms with Crippen molar-refractivity contribution >= 4 is 29.7 Å². The Labute approximate surface area is 164 Å². The first-order valence-corrected chi connectivity index (χ1v) is 9.24. The van der Waals surface area contributed by atoms with Gasteiger partial charge in [-0.15, -0.1) is 0 Å². The second kappa shape index (κ2) is 13.5. The van der Waals surface area contributed by atoms with Crippen molar-refractivity contribution in [1.29, 1.82) is 0 Å². The third kappa shape index (κ3) is 11.9. The molecule has 0 saturated carbocycles. The minimum atomic E-state index is -1.29. The van der Waals surface area contributed by atoms with Crippen molar-refractivity contribution in [1.82, 2.24) is 10.6 Å². The van der Waals surface area contributed by atoms with Crippen LogP contribution in [0.5, 0.6) is 0 Å². The Morgan fingerprint density at radius 3 is 2.07 bits per heavy atom. The molecule has 0 bridgehead atoms. The molecule has 0 aliphatic heterocycles. The molecule has 28 heavy (non-hydrogen) atoms. The summed E-state index contributed by atoms with van der Waals surface area (Å²) in [6.45, 7) is 3.73. The summed E-state index contributed by atoms with van der Waals surface area (Å²) in [5.41, 5.74) is 5.02. The van der Waals surface area contributed by atoms with Crippen LogP contribution in [0.4, 0.5) is 0 Å². The number of unbranched alkanes of at least 4 members (excludes halogenated alkanes) is 1. The first-order chi connectivity index (χ1) is 13.1. The Kier molecular flexibility index (Phi) is 12.2. The molecule has 2 atom stereocenters. The molecule has 0 aliphatic rings. The van der Waals surface area contributed by atoms with Crippen molar-refractivity contribution in [2.45, 2.75) is 70.9 Å². The van der Waals surface area contributed by atoms with Gasteiger partial charge in [0.15, 0.2) is 0 Å². The first-order valence-electron chi connectivity index (χ1n) is 9.24. The van der Waals surface area contributed by atoms with E-state index < -0.39 is 29.9 Å². The minimum absolute atomic E-state index is 0.0734. The minimum Gasteiger partial charge on any atom is -0.480 e. The summed E-state index contributed by atoms with van der Waals surface area (Å²) in [4.78, 5) is 57.7. The summed E-state index contributed by atoms with van der Waals surface area (Å²) in [5, 5.41) is 14.2. The van der Waals surface area contributed by atoms with E-state index in [0.717, 1.165) is 0 Å². The van der Waals surface area contributed by atoms with Crippen LogP contribution in [0.25, 0.3) is 0 Å². The third-order valence-corrected chi connectivity index (χ3v) is 3.92. The summed E-state index contributed by atoms with van der Waals surface area (Å²) < 4.78 is 4.52. The highest BCUT2D eigenvalue weighted by atomic mass is 16.5. The summed E-state index contributed by atoms with van der Waals surface area (Å²) >= 11 is 0. The van der Waals surface area contributed by atoms with E-state index >= 15 is 0 Å². The normalized spacial score (nSPS) is 12.7. The van der Waals surface area contributed by atoms with Gasteiger partial charge >= 0.3 is 11.9 Å². The molecule has 0 heterocycles. The van der Waals surface area contributed by atoms with E-state index in [2.05, 4.69) is 15.4 Å². The van der Waals surface area contributed by atoms with Crippen molar-refractivity contribution in [3.8, 4) is 0 Å². The number of esters is 1. The zero-order chi connectivity index (χ0) is 21.7.